The van der Waals surface area contributed by atoms with Crippen LogP contribution in [0.3, 0.4) is 0 Å². The Labute approximate surface area is 140 Å². The summed E-state index contributed by atoms with van der Waals surface area (Å²) in [5.74, 6) is -2.28. The molecule has 0 aliphatic heterocycles. The number of benzene rings is 1. The summed E-state index contributed by atoms with van der Waals surface area (Å²) >= 11 is 0. The van der Waals surface area contributed by atoms with Crippen LogP contribution in [0, 0.1) is 11.6 Å². The molecule has 6 nitrogen and oxygen atoms in total. The van der Waals surface area contributed by atoms with E-state index in [9.17, 15) is 13.6 Å². The number of hydrogen-bond acceptors (Lipinski definition) is 4. The van der Waals surface area contributed by atoms with Crippen LogP contribution in [0.25, 0.3) is 0 Å². The monoisotopic (exact) mass is 346 g/mol. The fourth-order valence-electron chi connectivity index (χ4n) is 2.09. The minimum atomic E-state index is -0.891. The van der Waals surface area contributed by atoms with Gasteiger partial charge in [0.25, 0.3) is 0 Å². The van der Waals surface area contributed by atoms with Gasteiger partial charge in [-0.1, -0.05) is 0 Å². The fraction of sp³-hybridized carbons (Fsp3) is 0.562. The highest BCUT2D eigenvalue weighted by Gasteiger charge is 2.20. The maximum atomic E-state index is 13.7. The highest BCUT2D eigenvalue weighted by Crippen LogP contribution is 2.25. The second-order valence-corrected chi connectivity index (χ2v) is 4.78. The minimum Gasteiger partial charge on any atom is -0.491 e. The molecule has 0 bridgehead atoms. The number of carbonyl (C=O) groups is 1. The van der Waals surface area contributed by atoms with Crippen molar-refractivity contribution < 1.29 is 27.8 Å². The summed E-state index contributed by atoms with van der Waals surface area (Å²) in [5, 5.41) is 2.46. The topological polar surface area (TPSA) is 60.0 Å². The van der Waals surface area contributed by atoms with Crippen molar-refractivity contribution in [1.82, 2.24) is 4.90 Å². The van der Waals surface area contributed by atoms with E-state index >= 15 is 0 Å². The van der Waals surface area contributed by atoms with Crippen molar-refractivity contribution in [2.75, 3.05) is 38.7 Å². The molecule has 0 fully saturated rings. The third-order valence-corrected chi connectivity index (χ3v) is 3.20. The standard InChI is InChI=1S/C16H24F2N2O4/c1-5-20(10-14(23-6-2)24-7-3)16(21)19-11-8-12(17)15(22-4)13(18)9-11/h8-9,14H,5-7,10H2,1-4H3,(H,19,21). The van der Waals surface area contributed by atoms with E-state index in [0.717, 1.165) is 12.1 Å². The number of rotatable bonds is 9. The van der Waals surface area contributed by atoms with E-state index in [1.54, 1.807) is 6.92 Å². The van der Waals surface area contributed by atoms with Gasteiger partial charge in [0, 0.05) is 37.6 Å². The molecule has 1 N–H and O–H groups in total. The zero-order valence-corrected chi connectivity index (χ0v) is 14.4. The van der Waals surface area contributed by atoms with Crippen molar-refractivity contribution in [3.63, 3.8) is 0 Å². The Balaban J connectivity index is 2.80. The molecule has 2 amide bonds. The molecule has 0 aliphatic rings. The summed E-state index contributed by atoms with van der Waals surface area (Å²) in [6.45, 7) is 6.90. The minimum absolute atomic E-state index is 0.00128. The van der Waals surface area contributed by atoms with Crippen LogP contribution in [0.2, 0.25) is 0 Å². The third-order valence-electron chi connectivity index (χ3n) is 3.20. The van der Waals surface area contributed by atoms with Crippen molar-refractivity contribution in [1.29, 1.82) is 0 Å². The van der Waals surface area contributed by atoms with Crippen LogP contribution in [-0.2, 0) is 9.47 Å². The molecule has 8 heteroatoms. The van der Waals surface area contributed by atoms with Gasteiger partial charge in [-0.05, 0) is 20.8 Å². The van der Waals surface area contributed by atoms with E-state index in [0.29, 0.717) is 19.8 Å². The van der Waals surface area contributed by atoms with Gasteiger partial charge in [0.2, 0.25) is 0 Å². The normalized spacial score (nSPS) is 10.8. The van der Waals surface area contributed by atoms with Crippen LogP contribution in [-0.4, -0.2) is 50.6 Å². The first kappa shape index (κ1) is 20.1. The Morgan fingerprint density at radius 1 is 1.17 bits per heavy atom. The van der Waals surface area contributed by atoms with E-state index in [1.807, 2.05) is 13.8 Å². The summed E-state index contributed by atoms with van der Waals surface area (Å²) in [7, 11) is 1.17. The Hall–Kier alpha value is -1.93. The molecule has 0 heterocycles. The molecule has 0 unspecified atom stereocenters. The average Bonchev–Trinajstić information content (AvgIpc) is 2.52. The Kier molecular flexibility index (Phi) is 8.42. The number of anilines is 1. The first-order valence-electron chi connectivity index (χ1n) is 7.78. The number of ether oxygens (including phenoxy) is 3. The van der Waals surface area contributed by atoms with E-state index in [2.05, 4.69) is 10.1 Å². The van der Waals surface area contributed by atoms with Gasteiger partial charge in [0.1, 0.15) is 0 Å². The molecule has 24 heavy (non-hydrogen) atoms. The number of carbonyl (C=O) groups excluding carboxylic acids is 1. The molecule has 0 aromatic heterocycles. The van der Waals surface area contributed by atoms with E-state index in [4.69, 9.17) is 9.47 Å². The first-order chi connectivity index (χ1) is 11.5. The highest BCUT2D eigenvalue weighted by atomic mass is 19.1. The summed E-state index contributed by atoms with van der Waals surface area (Å²) in [5.41, 5.74) is -0.00128. The zero-order chi connectivity index (χ0) is 18.1. The number of methoxy groups -OCH3 is 1. The predicted molar refractivity (Wildman–Crippen MR) is 86.2 cm³/mol. The summed E-state index contributed by atoms with van der Waals surface area (Å²) in [6.07, 6.45) is -0.560. The number of likely N-dealkylation sites (N-methyl/N-ethyl adjacent to an activating group) is 1. The highest BCUT2D eigenvalue weighted by molar-refractivity contribution is 5.89. The second kappa shape index (κ2) is 10.0. The first-order valence-corrected chi connectivity index (χ1v) is 7.78. The number of urea groups is 1. The number of hydrogen-bond donors (Lipinski definition) is 1. The summed E-state index contributed by atoms with van der Waals surface area (Å²) in [6, 6.07) is 1.48. The predicted octanol–water partition coefficient (Wildman–Crippen LogP) is 3.23. The van der Waals surface area contributed by atoms with E-state index < -0.39 is 29.7 Å². The maximum absolute atomic E-state index is 13.7. The summed E-state index contributed by atoms with van der Waals surface area (Å²) in [4.78, 5) is 13.7. The summed E-state index contributed by atoms with van der Waals surface area (Å²) < 4.78 is 42.8. The molecule has 0 saturated heterocycles. The maximum Gasteiger partial charge on any atom is 0.322 e. The fourth-order valence-corrected chi connectivity index (χ4v) is 2.09. The lowest BCUT2D eigenvalue weighted by molar-refractivity contribution is -0.142. The zero-order valence-electron chi connectivity index (χ0n) is 14.4. The number of nitrogens with zero attached hydrogens (tertiary/aromatic N) is 1. The molecule has 0 spiro atoms. The Morgan fingerprint density at radius 2 is 1.71 bits per heavy atom. The van der Waals surface area contributed by atoms with Crippen molar-refractivity contribution in [2.45, 2.75) is 27.1 Å². The van der Waals surface area contributed by atoms with Gasteiger partial charge in [-0.3, -0.25) is 0 Å². The molecule has 0 aliphatic carbocycles. The molecular weight excluding hydrogens is 322 g/mol. The van der Waals surface area contributed by atoms with Crippen molar-refractivity contribution >= 4 is 11.7 Å². The van der Waals surface area contributed by atoms with Gasteiger partial charge in [-0.2, -0.15) is 0 Å². The van der Waals surface area contributed by atoms with Gasteiger partial charge in [0.15, 0.2) is 23.7 Å². The number of amides is 2. The lowest BCUT2D eigenvalue weighted by atomic mass is 10.2. The van der Waals surface area contributed by atoms with Gasteiger partial charge in [0.05, 0.1) is 13.7 Å². The van der Waals surface area contributed by atoms with Crippen LogP contribution in [0.1, 0.15) is 20.8 Å². The number of nitrogens with one attached hydrogen (secondary N) is 1. The van der Waals surface area contributed by atoms with Gasteiger partial charge >= 0.3 is 6.03 Å². The largest absolute Gasteiger partial charge is 0.491 e. The molecule has 0 saturated carbocycles. The van der Waals surface area contributed by atoms with E-state index in [1.165, 1.54) is 12.0 Å². The molecule has 1 aromatic carbocycles. The van der Waals surface area contributed by atoms with Crippen molar-refractivity contribution in [3.05, 3.63) is 23.8 Å². The van der Waals surface area contributed by atoms with Crippen molar-refractivity contribution in [2.24, 2.45) is 0 Å². The number of halogens is 2. The molecule has 1 aromatic rings. The molecular formula is C16H24F2N2O4. The van der Waals surface area contributed by atoms with Gasteiger partial charge in [-0.15, -0.1) is 0 Å². The molecule has 1 rings (SSSR count). The molecule has 0 atom stereocenters. The third kappa shape index (κ3) is 5.61. The van der Waals surface area contributed by atoms with Crippen LogP contribution < -0.4 is 10.1 Å². The molecule has 0 radical (unpaired) electrons. The van der Waals surface area contributed by atoms with Crippen LogP contribution in [0.5, 0.6) is 5.75 Å². The van der Waals surface area contributed by atoms with Gasteiger partial charge in [-0.25, -0.2) is 13.6 Å². The quantitative estimate of drug-likeness (QED) is 0.698. The van der Waals surface area contributed by atoms with Crippen LogP contribution >= 0.6 is 0 Å². The van der Waals surface area contributed by atoms with Crippen LogP contribution in [0.4, 0.5) is 19.3 Å². The van der Waals surface area contributed by atoms with E-state index in [-0.39, 0.29) is 12.2 Å². The lowest BCUT2D eigenvalue weighted by Gasteiger charge is -2.26. The molecule has 136 valence electrons. The van der Waals surface area contributed by atoms with Crippen molar-refractivity contribution in [3.8, 4) is 5.75 Å². The smallest absolute Gasteiger partial charge is 0.322 e. The van der Waals surface area contributed by atoms with Crippen LogP contribution in [0.15, 0.2) is 12.1 Å². The Morgan fingerprint density at radius 3 is 2.12 bits per heavy atom. The SMILES string of the molecule is CCOC(CN(CC)C(=O)Nc1cc(F)c(OC)c(F)c1)OCC. The Bertz CT molecular complexity index is 514. The lowest BCUT2D eigenvalue weighted by Crippen LogP contribution is -2.42. The average molecular weight is 346 g/mol. The van der Waals surface area contributed by atoms with Gasteiger partial charge < -0.3 is 24.4 Å². The second-order valence-electron chi connectivity index (χ2n) is 4.78.